The molecule has 2 aliphatic heterocycles. The molecular formula is C29H35N5O2. The van der Waals surface area contributed by atoms with Gasteiger partial charge in [0.15, 0.2) is 0 Å². The van der Waals surface area contributed by atoms with Crippen LogP contribution in [0.3, 0.4) is 0 Å². The molecule has 1 saturated heterocycles. The maximum Gasteiger partial charge on any atom is 0.305 e. The minimum Gasteiger partial charge on any atom is -0.481 e. The van der Waals surface area contributed by atoms with Gasteiger partial charge in [0.1, 0.15) is 5.82 Å². The Labute approximate surface area is 212 Å². The average Bonchev–Trinajstić information content (AvgIpc) is 3.16. The van der Waals surface area contributed by atoms with Gasteiger partial charge < -0.3 is 10.4 Å². The Morgan fingerprint density at radius 2 is 2.03 bits per heavy atom. The summed E-state index contributed by atoms with van der Waals surface area (Å²) in [5.41, 5.74) is 6.98. The molecule has 4 heterocycles. The van der Waals surface area contributed by atoms with Crippen molar-refractivity contribution in [2.45, 2.75) is 58.4 Å². The third kappa shape index (κ3) is 4.41. The van der Waals surface area contributed by atoms with Crippen LogP contribution in [0.5, 0.6) is 0 Å². The molecule has 1 aliphatic carbocycles. The Balaban J connectivity index is 1.11. The molecule has 6 rings (SSSR count). The standard InChI is InChI=1S/C29H35N5O2/c1-19-11-20(2)34(32-19)25-7-3-5-23(13-25)26(14-27(35)36)33-17-29(18-33)15-21(16-29)12-24-9-8-22-6-4-10-30-28(22)31-24/h3,5,7-9,11,13,21,26H,4,6,10,12,14-18H2,1-2H3,(H,30,31)(H,35,36). The van der Waals surface area contributed by atoms with E-state index in [-0.39, 0.29) is 12.5 Å². The summed E-state index contributed by atoms with van der Waals surface area (Å²) in [6.07, 6.45) is 5.89. The number of hydrogen-bond donors (Lipinski definition) is 2. The van der Waals surface area contributed by atoms with Crippen LogP contribution in [0.2, 0.25) is 0 Å². The maximum absolute atomic E-state index is 11.8. The normalized spacial score (nSPS) is 19.7. The molecule has 0 bridgehead atoms. The van der Waals surface area contributed by atoms with Gasteiger partial charge in [-0.1, -0.05) is 18.2 Å². The van der Waals surface area contributed by atoms with Gasteiger partial charge in [-0.3, -0.25) is 9.69 Å². The van der Waals surface area contributed by atoms with E-state index in [2.05, 4.69) is 45.6 Å². The van der Waals surface area contributed by atoms with Crippen molar-refractivity contribution in [1.82, 2.24) is 19.7 Å². The molecule has 1 unspecified atom stereocenters. The molecule has 0 amide bonds. The van der Waals surface area contributed by atoms with E-state index in [0.717, 1.165) is 60.9 Å². The minimum absolute atomic E-state index is 0.113. The SMILES string of the molecule is Cc1cc(C)n(-c2cccc(C(CC(=O)O)N3CC4(CC(Cc5ccc6c(n5)NCCC6)C4)C3)c2)n1. The molecule has 0 radical (unpaired) electrons. The molecule has 3 aliphatic rings. The second-order valence-electron chi connectivity index (χ2n) is 11.3. The van der Waals surface area contributed by atoms with Crippen LogP contribution >= 0.6 is 0 Å². The summed E-state index contributed by atoms with van der Waals surface area (Å²) >= 11 is 0. The zero-order valence-electron chi connectivity index (χ0n) is 21.2. The molecule has 2 fully saturated rings. The van der Waals surface area contributed by atoms with Gasteiger partial charge in [0.2, 0.25) is 0 Å². The summed E-state index contributed by atoms with van der Waals surface area (Å²) < 4.78 is 1.94. The Kier molecular flexibility index (Phi) is 5.83. The van der Waals surface area contributed by atoms with E-state index in [9.17, 15) is 9.90 Å². The van der Waals surface area contributed by atoms with Crippen LogP contribution in [0, 0.1) is 25.2 Å². The first-order valence-corrected chi connectivity index (χ1v) is 13.2. The Bertz CT molecular complexity index is 1280. The third-order valence-corrected chi connectivity index (χ3v) is 8.29. The first-order chi connectivity index (χ1) is 17.4. The van der Waals surface area contributed by atoms with Crippen LogP contribution in [-0.4, -0.2) is 50.4 Å². The van der Waals surface area contributed by atoms with Crippen LogP contribution in [0.25, 0.3) is 5.69 Å². The van der Waals surface area contributed by atoms with Crippen molar-refractivity contribution >= 4 is 11.8 Å². The van der Waals surface area contributed by atoms with Crippen molar-refractivity contribution in [2.24, 2.45) is 11.3 Å². The molecule has 1 saturated carbocycles. The van der Waals surface area contributed by atoms with Crippen molar-refractivity contribution in [1.29, 1.82) is 0 Å². The van der Waals surface area contributed by atoms with E-state index in [1.165, 1.54) is 30.5 Å². The zero-order chi connectivity index (χ0) is 24.9. The van der Waals surface area contributed by atoms with Crippen molar-refractivity contribution < 1.29 is 9.90 Å². The third-order valence-electron chi connectivity index (χ3n) is 8.29. The van der Waals surface area contributed by atoms with Gasteiger partial charge in [-0.05, 0) is 92.7 Å². The molecule has 1 aromatic carbocycles. The molecule has 7 nitrogen and oxygen atoms in total. The van der Waals surface area contributed by atoms with E-state index < -0.39 is 5.97 Å². The number of hydrogen-bond acceptors (Lipinski definition) is 5. The van der Waals surface area contributed by atoms with Crippen molar-refractivity contribution in [3.05, 3.63) is 70.7 Å². The summed E-state index contributed by atoms with van der Waals surface area (Å²) in [5, 5.41) is 17.7. The summed E-state index contributed by atoms with van der Waals surface area (Å²) in [4.78, 5) is 19.0. The lowest BCUT2D eigenvalue weighted by atomic mass is 9.56. The summed E-state index contributed by atoms with van der Waals surface area (Å²) in [5.74, 6) is 1.01. The largest absolute Gasteiger partial charge is 0.481 e. The highest BCUT2D eigenvalue weighted by atomic mass is 16.4. The number of likely N-dealkylation sites (tertiary alicyclic amines) is 1. The van der Waals surface area contributed by atoms with Crippen molar-refractivity contribution in [2.75, 3.05) is 25.0 Å². The van der Waals surface area contributed by atoms with Gasteiger partial charge >= 0.3 is 5.97 Å². The number of pyridine rings is 1. The predicted octanol–water partition coefficient (Wildman–Crippen LogP) is 4.71. The van der Waals surface area contributed by atoms with Gasteiger partial charge in [0, 0.05) is 37.1 Å². The van der Waals surface area contributed by atoms with Gasteiger partial charge in [0.05, 0.1) is 17.8 Å². The average molecular weight is 486 g/mol. The number of aromatic nitrogens is 3. The number of fused-ring (bicyclic) bond motifs is 1. The fraction of sp³-hybridized carbons (Fsp3) is 0.483. The minimum atomic E-state index is -0.754. The van der Waals surface area contributed by atoms with Gasteiger partial charge in [0.25, 0.3) is 0 Å². The van der Waals surface area contributed by atoms with Gasteiger partial charge in [-0.15, -0.1) is 0 Å². The lowest BCUT2D eigenvalue weighted by molar-refractivity contribution is -0.145. The molecule has 2 aromatic heterocycles. The van der Waals surface area contributed by atoms with Crippen molar-refractivity contribution in [3.63, 3.8) is 0 Å². The number of anilines is 1. The van der Waals surface area contributed by atoms with Gasteiger partial charge in [-0.25, -0.2) is 9.67 Å². The summed E-state index contributed by atoms with van der Waals surface area (Å²) in [6, 6.07) is 14.6. The lowest BCUT2D eigenvalue weighted by Crippen LogP contribution is -2.63. The smallest absolute Gasteiger partial charge is 0.305 e. The number of aliphatic carboxylic acids is 1. The van der Waals surface area contributed by atoms with Gasteiger partial charge in [-0.2, -0.15) is 5.10 Å². The second kappa shape index (κ2) is 9.04. The molecule has 1 spiro atoms. The fourth-order valence-corrected chi connectivity index (χ4v) is 6.76. The Morgan fingerprint density at radius 3 is 2.78 bits per heavy atom. The molecule has 1 atom stereocenters. The van der Waals surface area contributed by atoms with Crippen LogP contribution in [0.4, 0.5) is 5.82 Å². The maximum atomic E-state index is 11.8. The number of carbonyl (C=O) groups is 1. The number of carboxylic acid groups (broad SMARTS) is 1. The molecule has 36 heavy (non-hydrogen) atoms. The van der Waals surface area contributed by atoms with Crippen LogP contribution in [-0.2, 0) is 17.6 Å². The highest BCUT2D eigenvalue weighted by molar-refractivity contribution is 5.68. The highest BCUT2D eigenvalue weighted by Gasteiger charge is 2.53. The number of aryl methyl sites for hydroxylation is 3. The second-order valence-corrected chi connectivity index (χ2v) is 11.3. The molecule has 7 heteroatoms. The van der Waals surface area contributed by atoms with E-state index in [4.69, 9.17) is 4.98 Å². The lowest BCUT2D eigenvalue weighted by Gasteiger charge is -2.61. The first-order valence-electron chi connectivity index (χ1n) is 13.2. The molecule has 188 valence electrons. The summed E-state index contributed by atoms with van der Waals surface area (Å²) in [7, 11) is 0. The van der Waals surface area contributed by atoms with Crippen LogP contribution in [0.15, 0.2) is 42.5 Å². The molecular weight excluding hydrogens is 450 g/mol. The van der Waals surface area contributed by atoms with Crippen LogP contribution < -0.4 is 5.32 Å². The fourth-order valence-electron chi connectivity index (χ4n) is 6.76. The number of carboxylic acids is 1. The molecule has 3 aromatic rings. The monoisotopic (exact) mass is 485 g/mol. The number of nitrogens with zero attached hydrogens (tertiary/aromatic N) is 4. The van der Waals surface area contributed by atoms with E-state index in [0.29, 0.717) is 11.3 Å². The quantitative estimate of drug-likeness (QED) is 0.504. The number of nitrogens with one attached hydrogen (secondary N) is 1. The topological polar surface area (TPSA) is 83.3 Å². The number of benzene rings is 1. The zero-order valence-corrected chi connectivity index (χ0v) is 21.2. The Morgan fingerprint density at radius 1 is 1.19 bits per heavy atom. The Hall–Kier alpha value is -3.19. The molecule has 2 N–H and O–H groups in total. The van der Waals surface area contributed by atoms with E-state index in [1.807, 2.05) is 30.7 Å². The van der Waals surface area contributed by atoms with E-state index in [1.54, 1.807) is 0 Å². The predicted molar refractivity (Wildman–Crippen MR) is 140 cm³/mol. The first kappa shape index (κ1) is 23.2. The summed E-state index contributed by atoms with van der Waals surface area (Å²) in [6.45, 7) is 7.01. The van der Waals surface area contributed by atoms with Crippen LogP contribution in [0.1, 0.15) is 59.9 Å². The van der Waals surface area contributed by atoms with E-state index >= 15 is 0 Å². The van der Waals surface area contributed by atoms with Crippen molar-refractivity contribution in [3.8, 4) is 5.69 Å². The number of rotatable bonds is 7. The highest BCUT2D eigenvalue weighted by Crippen LogP contribution is 2.55.